The van der Waals surface area contributed by atoms with Crippen molar-refractivity contribution < 1.29 is 9.18 Å². The Hall–Kier alpha value is -2.26. The van der Waals surface area contributed by atoms with E-state index in [1.54, 1.807) is 0 Å². The molecule has 2 aromatic carbocycles. The highest BCUT2D eigenvalue weighted by atomic mass is 19.1. The van der Waals surface area contributed by atoms with Gasteiger partial charge in [0, 0.05) is 11.6 Å². The second kappa shape index (κ2) is 15.2. The monoisotopic (exact) mass is 505 g/mol. The molecule has 2 nitrogen and oxygen atoms in total. The van der Waals surface area contributed by atoms with E-state index < -0.39 is 0 Å². The minimum Gasteiger partial charge on any atom is -0.306 e. The quantitative estimate of drug-likeness (QED) is 0.192. The fraction of sp³-hybridized carbons (Fsp3) is 0.559. The molecule has 2 saturated carbocycles. The van der Waals surface area contributed by atoms with Crippen molar-refractivity contribution in [2.75, 3.05) is 14.1 Å². The second-order valence-corrected chi connectivity index (χ2v) is 11.4. The van der Waals surface area contributed by atoms with Gasteiger partial charge in [0.05, 0.1) is 0 Å². The van der Waals surface area contributed by atoms with Gasteiger partial charge in [-0.25, -0.2) is 4.39 Å². The number of hydrogen-bond donors (Lipinski definition) is 0. The SMILES string of the molecule is C=CC=O.CCCCCC1CCC(c2ccc(-c3ccc(C4CCC(N(C)C)CC4)cc3F)cc2)CC1. The lowest BCUT2D eigenvalue weighted by Crippen LogP contribution is -2.31. The second-order valence-electron chi connectivity index (χ2n) is 11.4. The summed E-state index contributed by atoms with van der Waals surface area (Å²) >= 11 is 0. The number of aldehydes is 1. The van der Waals surface area contributed by atoms with Gasteiger partial charge in [0.25, 0.3) is 0 Å². The van der Waals surface area contributed by atoms with E-state index in [1.165, 1.54) is 81.4 Å². The van der Waals surface area contributed by atoms with E-state index in [0.717, 1.165) is 29.9 Å². The van der Waals surface area contributed by atoms with E-state index in [4.69, 9.17) is 4.79 Å². The van der Waals surface area contributed by atoms with Gasteiger partial charge in [-0.3, -0.25) is 4.79 Å². The average Bonchev–Trinajstić information content (AvgIpc) is 2.94. The summed E-state index contributed by atoms with van der Waals surface area (Å²) in [6.07, 6.45) is 17.5. The Balaban J connectivity index is 0.000000886. The summed E-state index contributed by atoms with van der Waals surface area (Å²) in [6.45, 7) is 5.40. The summed E-state index contributed by atoms with van der Waals surface area (Å²) < 4.78 is 15.1. The van der Waals surface area contributed by atoms with E-state index in [0.29, 0.717) is 24.2 Å². The molecule has 202 valence electrons. The number of hydrogen-bond acceptors (Lipinski definition) is 2. The molecule has 37 heavy (non-hydrogen) atoms. The van der Waals surface area contributed by atoms with Crippen LogP contribution in [0.5, 0.6) is 0 Å². The topological polar surface area (TPSA) is 20.3 Å². The number of benzene rings is 2. The molecular weight excluding hydrogens is 457 g/mol. The third kappa shape index (κ3) is 8.64. The Labute approximate surface area is 225 Å². The highest BCUT2D eigenvalue weighted by Crippen LogP contribution is 2.39. The largest absolute Gasteiger partial charge is 0.306 e. The van der Waals surface area contributed by atoms with Crippen molar-refractivity contribution in [3.05, 3.63) is 72.1 Å². The van der Waals surface area contributed by atoms with E-state index in [2.05, 4.69) is 62.8 Å². The molecule has 0 unspecified atom stereocenters. The zero-order valence-corrected chi connectivity index (χ0v) is 23.4. The first-order valence-corrected chi connectivity index (χ1v) is 14.6. The van der Waals surface area contributed by atoms with E-state index in [1.807, 2.05) is 12.1 Å². The molecular formula is C34H48FNO. The van der Waals surface area contributed by atoms with E-state index >= 15 is 4.39 Å². The van der Waals surface area contributed by atoms with Crippen molar-refractivity contribution in [2.24, 2.45) is 5.92 Å². The molecule has 0 aliphatic heterocycles. The first kappa shape index (κ1) is 29.3. The Bertz CT molecular complexity index is 944. The third-order valence-corrected chi connectivity index (χ3v) is 8.74. The van der Waals surface area contributed by atoms with Gasteiger partial charge in [-0.1, -0.05) is 75.6 Å². The number of nitrogens with zero attached hydrogens (tertiary/aromatic N) is 1. The average molecular weight is 506 g/mol. The fourth-order valence-electron chi connectivity index (χ4n) is 6.35. The molecule has 0 saturated heterocycles. The Kier molecular flexibility index (Phi) is 12.1. The maximum atomic E-state index is 15.1. The summed E-state index contributed by atoms with van der Waals surface area (Å²) in [7, 11) is 4.34. The maximum absolute atomic E-state index is 15.1. The van der Waals surface area contributed by atoms with Crippen LogP contribution in [0.3, 0.4) is 0 Å². The van der Waals surface area contributed by atoms with Crippen LogP contribution in [-0.2, 0) is 4.79 Å². The van der Waals surface area contributed by atoms with Crippen molar-refractivity contribution in [2.45, 2.75) is 102 Å². The number of carbonyl (C=O) groups is 1. The Morgan fingerprint density at radius 1 is 0.865 bits per heavy atom. The van der Waals surface area contributed by atoms with E-state index in [9.17, 15) is 0 Å². The van der Waals surface area contributed by atoms with Crippen LogP contribution in [0.15, 0.2) is 55.1 Å². The molecule has 2 fully saturated rings. The minimum absolute atomic E-state index is 0.0671. The molecule has 0 aromatic heterocycles. The normalized spacial score (nSPS) is 23.7. The van der Waals surface area contributed by atoms with Gasteiger partial charge in [0.2, 0.25) is 0 Å². The molecule has 2 aliphatic carbocycles. The van der Waals surface area contributed by atoms with Gasteiger partial charge in [0.1, 0.15) is 12.1 Å². The first-order chi connectivity index (χ1) is 18.0. The van der Waals surface area contributed by atoms with Crippen LogP contribution < -0.4 is 0 Å². The van der Waals surface area contributed by atoms with Crippen molar-refractivity contribution in [3.63, 3.8) is 0 Å². The van der Waals surface area contributed by atoms with Crippen LogP contribution in [0.4, 0.5) is 4.39 Å². The van der Waals surface area contributed by atoms with Gasteiger partial charge in [-0.15, -0.1) is 0 Å². The standard InChI is InChI=1S/C31H44FN.C3H4O/c1-4-5-6-7-23-8-10-24(11-9-23)25-12-14-27(15-13-25)30-21-18-28(22-31(30)32)26-16-19-29(20-17-26)33(2)3;1-2-3-4/h12-15,18,21-24,26,29H,4-11,16-17,19-20H2,1-3H3;2-3H,1H2. The van der Waals surface area contributed by atoms with Gasteiger partial charge < -0.3 is 4.90 Å². The maximum Gasteiger partial charge on any atom is 0.142 e. The van der Waals surface area contributed by atoms with Gasteiger partial charge in [0.15, 0.2) is 0 Å². The molecule has 0 amide bonds. The Morgan fingerprint density at radius 2 is 1.43 bits per heavy atom. The molecule has 0 radical (unpaired) electrons. The molecule has 3 heteroatoms. The van der Waals surface area contributed by atoms with Crippen molar-refractivity contribution in [1.29, 1.82) is 0 Å². The fourth-order valence-corrected chi connectivity index (χ4v) is 6.35. The molecule has 4 rings (SSSR count). The zero-order valence-electron chi connectivity index (χ0n) is 23.4. The molecule has 0 heterocycles. The van der Waals surface area contributed by atoms with Crippen LogP contribution >= 0.6 is 0 Å². The van der Waals surface area contributed by atoms with Crippen molar-refractivity contribution in [3.8, 4) is 11.1 Å². The van der Waals surface area contributed by atoms with Gasteiger partial charge >= 0.3 is 0 Å². The molecule has 2 aromatic rings. The Morgan fingerprint density at radius 3 is 1.97 bits per heavy atom. The summed E-state index contributed by atoms with van der Waals surface area (Å²) in [5.41, 5.74) is 4.38. The molecule has 0 spiro atoms. The highest BCUT2D eigenvalue weighted by Gasteiger charge is 2.25. The first-order valence-electron chi connectivity index (χ1n) is 14.6. The number of carbonyl (C=O) groups excluding carboxylic acids is 1. The number of rotatable bonds is 9. The predicted octanol–water partition coefficient (Wildman–Crippen LogP) is 9.31. The summed E-state index contributed by atoms with van der Waals surface area (Å²) in [4.78, 5) is 11.4. The third-order valence-electron chi connectivity index (χ3n) is 8.74. The van der Waals surface area contributed by atoms with Crippen molar-refractivity contribution in [1.82, 2.24) is 4.90 Å². The van der Waals surface area contributed by atoms with Crippen molar-refractivity contribution >= 4 is 6.29 Å². The predicted molar refractivity (Wildman–Crippen MR) is 156 cm³/mol. The minimum atomic E-state index is -0.0671. The molecule has 2 aliphatic rings. The number of unbranched alkanes of at least 4 members (excludes halogenated alkanes) is 2. The van der Waals surface area contributed by atoms with Gasteiger partial charge in [-0.2, -0.15) is 0 Å². The van der Waals surface area contributed by atoms with E-state index in [-0.39, 0.29) is 5.82 Å². The summed E-state index contributed by atoms with van der Waals surface area (Å²) in [5, 5.41) is 0. The van der Waals surface area contributed by atoms with Crippen LogP contribution in [0.2, 0.25) is 0 Å². The van der Waals surface area contributed by atoms with Crippen LogP contribution in [0.25, 0.3) is 11.1 Å². The number of halogens is 1. The highest BCUT2D eigenvalue weighted by molar-refractivity contribution is 5.65. The molecule has 0 N–H and O–H groups in total. The van der Waals surface area contributed by atoms with Crippen LogP contribution in [0, 0.1) is 11.7 Å². The van der Waals surface area contributed by atoms with Gasteiger partial charge in [-0.05, 0) is 112 Å². The molecule has 0 atom stereocenters. The number of allylic oxidation sites excluding steroid dienone is 1. The lowest BCUT2D eigenvalue weighted by molar-refractivity contribution is -0.104. The van der Waals surface area contributed by atoms with Crippen LogP contribution in [0.1, 0.15) is 107 Å². The summed E-state index contributed by atoms with van der Waals surface area (Å²) in [5.74, 6) is 2.07. The lowest BCUT2D eigenvalue weighted by atomic mass is 9.77. The van der Waals surface area contributed by atoms with Crippen LogP contribution in [-0.4, -0.2) is 31.3 Å². The smallest absolute Gasteiger partial charge is 0.142 e. The summed E-state index contributed by atoms with van der Waals surface area (Å²) in [6, 6.07) is 15.5. The lowest BCUT2D eigenvalue weighted by Gasteiger charge is -2.33. The molecule has 0 bridgehead atoms. The zero-order chi connectivity index (χ0) is 26.6.